The molecule has 3 atom stereocenters. The Hall–Kier alpha value is -1.09. The SMILES string of the molecule is C=C(C)[C@@H]1CC=C(C)[C@H](OC)[C@H]1CC(=O)OC. The van der Waals surface area contributed by atoms with Crippen LogP contribution in [0.1, 0.15) is 26.7 Å². The highest BCUT2D eigenvalue weighted by Gasteiger charge is 2.35. The van der Waals surface area contributed by atoms with E-state index in [1.807, 2.05) is 13.8 Å². The van der Waals surface area contributed by atoms with Crippen LogP contribution in [0.15, 0.2) is 23.8 Å². The van der Waals surface area contributed by atoms with Crippen molar-refractivity contribution in [2.75, 3.05) is 14.2 Å². The molecule has 0 radical (unpaired) electrons. The number of ether oxygens (including phenoxy) is 2. The number of methoxy groups -OCH3 is 2. The average Bonchev–Trinajstić information content (AvgIpc) is 2.28. The van der Waals surface area contributed by atoms with Gasteiger partial charge in [-0.25, -0.2) is 0 Å². The summed E-state index contributed by atoms with van der Waals surface area (Å²) < 4.78 is 10.3. The van der Waals surface area contributed by atoms with Crippen LogP contribution >= 0.6 is 0 Å². The van der Waals surface area contributed by atoms with Crippen molar-refractivity contribution in [2.45, 2.75) is 32.8 Å². The molecular weight excluding hydrogens is 216 g/mol. The second-order valence-corrected chi connectivity index (χ2v) is 4.74. The molecule has 3 heteroatoms. The predicted octanol–water partition coefficient (Wildman–Crippen LogP) is 2.72. The molecule has 0 fully saturated rings. The molecule has 0 saturated heterocycles. The first-order valence-corrected chi connectivity index (χ1v) is 5.92. The summed E-state index contributed by atoms with van der Waals surface area (Å²) in [5.74, 6) is 0.246. The minimum Gasteiger partial charge on any atom is -0.469 e. The van der Waals surface area contributed by atoms with E-state index in [1.165, 1.54) is 12.7 Å². The van der Waals surface area contributed by atoms with E-state index in [1.54, 1.807) is 7.11 Å². The first-order valence-electron chi connectivity index (χ1n) is 5.92. The third-order valence-electron chi connectivity index (χ3n) is 3.57. The van der Waals surface area contributed by atoms with E-state index in [0.717, 1.165) is 12.0 Å². The van der Waals surface area contributed by atoms with Crippen LogP contribution in [0, 0.1) is 11.8 Å². The van der Waals surface area contributed by atoms with Crippen molar-refractivity contribution in [1.82, 2.24) is 0 Å². The molecule has 0 spiro atoms. The highest BCUT2D eigenvalue weighted by atomic mass is 16.5. The van der Waals surface area contributed by atoms with Crippen molar-refractivity contribution < 1.29 is 14.3 Å². The number of allylic oxidation sites excluding steroid dienone is 2. The van der Waals surface area contributed by atoms with Crippen LogP contribution in [0.3, 0.4) is 0 Å². The lowest BCUT2D eigenvalue weighted by molar-refractivity contribution is -0.143. The number of carbonyl (C=O) groups excluding carboxylic acids is 1. The van der Waals surface area contributed by atoms with E-state index in [4.69, 9.17) is 9.47 Å². The summed E-state index contributed by atoms with van der Waals surface area (Å²) >= 11 is 0. The van der Waals surface area contributed by atoms with Gasteiger partial charge in [0.25, 0.3) is 0 Å². The molecule has 1 aliphatic carbocycles. The lowest BCUT2D eigenvalue weighted by Crippen LogP contribution is -2.36. The monoisotopic (exact) mass is 238 g/mol. The smallest absolute Gasteiger partial charge is 0.305 e. The van der Waals surface area contributed by atoms with E-state index >= 15 is 0 Å². The van der Waals surface area contributed by atoms with Crippen molar-refractivity contribution in [3.05, 3.63) is 23.8 Å². The van der Waals surface area contributed by atoms with E-state index in [9.17, 15) is 4.79 Å². The van der Waals surface area contributed by atoms with Gasteiger partial charge in [0.05, 0.1) is 19.6 Å². The minimum atomic E-state index is -0.182. The Morgan fingerprint density at radius 3 is 2.65 bits per heavy atom. The normalized spacial score (nSPS) is 28.5. The standard InChI is InChI=1S/C14H22O3/c1-9(2)11-7-6-10(3)14(17-5)12(11)8-13(15)16-4/h6,11-12,14H,1,7-8H2,2-5H3/t11-,12-,14-/m0/s1. The lowest BCUT2D eigenvalue weighted by atomic mass is 9.73. The molecule has 1 aliphatic rings. The van der Waals surface area contributed by atoms with Gasteiger partial charge in [0, 0.05) is 13.0 Å². The first-order chi connectivity index (χ1) is 8.01. The van der Waals surface area contributed by atoms with Crippen LogP contribution in [0.2, 0.25) is 0 Å². The average molecular weight is 238 g/mol. The largest absolute Gasteiger partial charge is 0.469 e. The molecular formula is C14H22O3. The van der Waals surface area contributed by atoms with Gasteiger partial charge in [-0.15, -0.1) is 0 Å². The van der Waals surface area contributed by atoms with E-state index in [2.05, 4.69) is 12.7 Å². The zero-order valence-electron chi connectivity index (χ0n) is 11.2. The fourth-order valence-electron chi connectivity index (χ4n) is 2.60. The summed E-state index contributed by atoms with van der Waals surface area (Å²) in [7, 11) is 3.11. The van der Waals surface area contributed by atoms with Gasteiger partial charge < -0.3 is 9.47 Å². The fourth-order valence-corrected chi connectivity index (χ4v) is 2.60. The van der Waals surface area contributed by atoms with Gasteiger partial charge in [0.2, 0.25) is 0 Å². The molecule has 0 N–H and O–H groups in total. The van der Waals surface area contributed by atoms with Gasteiger partial charge in [0.1, 0.15) is 0 Å². The summed E-state index contributed by atoms with van der Waals surface area (Å²) in [5.41, 5.74) is 2.30. The van der Waals surface area contributed by atoms with Crippen molar-refractivity contribution in [1.29, 1.82) is 0 Å². The van der Waals surface area contributed by atoms with Crippen molar-refractivity contribution in [3.63, 3.8) is 0 Å². The molecule has 0 bridgehead atoms. The summed E-state index contributed by atoms with van der Waals surface area (Å²) in [6.07, 6.45) is 3.49. The maximum absolute atomic E-state index is 11.5. The third kappa shape index (κ3) is 3.19. The molecule has 17 heavy (non-hydrogen) atoms. The molecule has 3 nitrogen and oxygen atoms in total. The maximum Gasteiger partial charge on any atom is 0.305 e. The Balaban J connectivity index is 2.93. The van der Waals surface area contributed by atoms with Crippen LogP contribution in [0.25, 0.3) is 0 Å². The number of hydrogen-bond acceptors (Lipinski definition) is 3. The first kappa shape index (κ1) is 14.0. The molecule has 0 aliphatic heterocycles. The van der Waals surface area contributed by atoms with E-state index < -0.39 is 0 Å². The predicted molar refractivity (Wildman–Crippen MR) is 67.6 cm³/mol. The molecule has 1 rings (SSSR count). The summed E-state index contributed by atoms with van der Waals surface area (Å²) in [6, 6.07) is 0. The van der Waals surface area contributed by atoms with Crippen molar-refractivity contribution >= 4 is 5.97 Å². The van der Waals surface area contributed by atoms with Crippen LogP contribution < -0.4 is 0 Å². The highest BCUT2D eigenvalue weighted by molar-refractivity contribution is 5.69. The molecule has 0 aromatic heterocycles. The summed E-state index contributed by atoms with van der Waals surface area (Å²) in [6.45, 7) is 8.08. The Morgan fingerprint density at radius 2 is 2.18 bits per heavy atom. The van der Waals surface area contributed by atoms with E-state index in [-0.39, 0.29) is 18.0 Å². The van der Waals surface area contributed by atoms with Gasteiger partial charge in [-0.3, -0.25) is 4.79 Å². The molecule has 0 heterocycles. The highest BCUT2D eigenvalue weighted by Crippen LogP contribution is 2.37. The Labute approximate surface area is 103 Å². The number of rotatable bonds is 4. The topological polar surface area (TPSA) is 35.5 Å². The van der Waals surface area contributed by atoms with Crippen LogP contribution in [-0.4, -0.2) is 26.3 Å². The maximum atomic E-state index is 11.5. The van der Waals surface area contributed by atoms with Gasteiger partial charge >= 0.3 is 5.97 Å². The van der Waals surface area contributed by atoms with Crippen molar-refractivity contribution in [3.8, 4) is 0 Å². The second-order valence-electron chi connectivity index (χ2n) is 4.74. The third-order valence-corrected chi connectivity index (χ3v) is 3.57. The number of esters is 1. The van der Waals surface area contributed by atoms with Gasteiger partial charge in [-0.1, -0.05) is 18.2 Å². The molecule has 0 unspecified atom stereocenters. The van der Waals surface area contributed by atoms with Crippen molar-refractivity contribution in [2.24, 2.45) is 11.8 Å². The summed E-state index contributed by atoms with van der Waals surface area (Å²) in [5, 5.41) is 0. The number of carbonyl (C=O) groups is 1. The van der Waals surface area contributed by atoms with Crippen LogP contribution in [-0.2, 0) is 14.3 Å². The van der Waals surface area contributed by atoms with E-state index in [0.29, 0.717) is 12.3 Å². The van der Waals surface area contributed by atoms with Gasteiger partial charge in [-0.2, -0.15) is 0 Å². The zero-order chi connectivity index (χ0) is 13.0. The lowest BCUT2D eigenvalue weighted by Gasteiger charge is -2.36. The fraction of sp³-hybridized carbons (Fsp3) is 0.643. The Morgan fingerprint density at radius 1 is 1.53 bits per heavy atom. The van der Waals surface area contributed by atoms with Crippen LogP contribution in [0.5, 0.6) is 0 Å². The Bertz CT molecular complexity index is 328. The second kappa shape index (κ2) is 6.01. The summed E-state index contributed by atoms with van der Waals surface area (Å²) in [4.78, 5) is 11.5. The molecule has 0 aromatic carbocycles. The Kier molecular flexibility index (Phi) is 4.94. The molecule has 0 saturated carbocycles. The molecule has 0 aromatic rings. The van der Waals surface area contributed by atoms with Gasteiger partial charge in [0.15, 0.2) is 0 Å². The number of hydrogen-bond donors (Lipinski definition) is 0. The van der Waals surface area contributed by atoms with Gasteiger partial charge in [-0.05, 0) is 31.8 Å². The minimum absolute atomic E-state index is 0.00968. The molecule has 96 valence electrons. The quantitative estimate of drug-likeness (QED) is 0.558. The molecule has 0 amide bonds. The van der Waals surface area contributed by atoms with Crippen LogP contribution in [0.4, 0.5) is 0 Å². The zero-order valence-corrected chi connectivity index (χ0v) is 11.2.